The van der Waals surface area contributed by atoms with Gasteiger partial charge >= 0.3 is 0 Å². The van der Waals surface area contributed by atoms with Gasteiger partial charge in [-0.15, -0.1) is 0 Å². The molecule has 0 fully saturated rings. The van der Waals surface area contributed by atoms with Crippen LogP contribution < -0.4 is 16.4 Å². The van der Waals surface area contributed by atoms with Crippen molar-refractivity contribution in [2.45, 2.75) is 6.92 Å². The van der Waals surface area contributed by atoms with Crippen molar-refractivity contribution in [3.63, 3.8) is 0 Å². The number of ketones is 1. The van der Waals surface area contributed by atoms with E-state index < -0.39 is 0 Å². The fourth-order valence-electron chi connectivity index (χ4n) is 1.17. The molecule has 0 aliphatic heterocycles. The molecule has 1 rings (SSSR count). The first kappa shape index (κ1) is 12.8. The summed E-state index contributed by atoms with van der Waals surface area (Å²) in [7, 11) is 0. The number of hydrogen-bond donors (Lipinski definition) is 3. The lowest BCUT2D eigenvalue weighted by Gasteiger charge is -2.04. The number of benzene rings is 1. The molecule has 0 atom stereocenters. The highest BCUT2D eigenvalue weighted by Crippen LogP contribution is 2.09. The molecule has 0 aromatic heterocycles. The van der Waals surface area contributed by atoms with E-state index in [0.717, 1.165) is 5.69 Å². The number of carbonyl (C=O) groups excluding carboxylic acids is 2. The highest BCUT2D eigenvalue weighted by Gasteiger charge is 2.05. The lowest BCUT2D eigenvalue weighted by Crippen LogP contribution is -2.28. The van der Waals surface area contributed by atoms with Crippen LogP contribution in [-0.2, 0) is 4.79 Å². The van der Waals surface area contributed by atoms with Crippen molar-refractivity contribution in [3.05, 3.63) is 42.2 Å². The van der Waals surface area contributed by atoms with Gasteiger partial charge < -0.3 is 16.4 Å². The molecule has 4 N–H and O–H groups in total. The van der Waals surface area contributed by atoms with Gasteiger partial charge in [-0.1, -0.05) is 0 Å². The third-order valence-corrected chi connectivity index (χ3v) is 1.99. The van der Waals surface area contributed by atoms with Gasteiger partial charge in [0.25, 0.3) is 5.91 Å². The molecule has 0 aliphatic rings. The van der Waals surface area contributed by atoms with Crippen molar-refractivity contribution in [2.75, 3.05) is 11.9 Å². The number of carbonyl (C=O) groups is 2. The van der Waals surface area contributed by atoms with Crippen LogP contribution in [0.15, 0.2) is 36.7 Å². The van der Waals surface area contributed by atoms with Gasteiger partial charge in [-0.3, -0.25) is 9.59 Å². The van der Waals surface area contributed by atoms with Crippen LogP contribution in [0.5, 0.6) is 0 Å². The van der Waals surface area contributed by atoms with E-state index in [4.69, 9.17) is 5.73 Å². The fourth-order valence-corrected chi connectivity index (χ4v) is 1.17. The quantitative estimate of drug-likeness (QED) is 0.704. The molecule has 0 spiro atoms. The first-order valence-corrected chi connectivity index (χ1v) is 5.14. The Kier molecular flexibility index (Phi) is 4.75. The maximum absolute atomic E-state index is 11.6. The van der Waals surface area contributed by atoms with Crippen LogP contribution >= 0.6 is 0 Å². The van der Waals surface area contributed by atoms with E-state index >= 15 is 0 Å². The lowest BCUT2D eigenvalue weighted by atomic mass is 10.2. The van der Waals surface area contributed by atoms with Crippen molar-refractivity contribution in [1.29, 1.82) is 0 Å². The monoisotopic (exact) mass is 233 g/mol. The minimum Gasteiger partial charge on any atom is -0.403 e. The highest BCUT2D eigenvalue weighted by molar-refractivity contribution is 5.96. The zero-order valence-electron chi connectivity index (χ0n) is 9.57. The Morgan fingerprint density at radius 3 is 2.47 bits per heavy atom. The molecule has 0 aliphatic carbocycles. The smallest absolute Gasteiger partial charge is 0.251 e. The van der Waals surface area contributed by atoms with Gasteiger partial charge in [0.15, 0.2) is 0 Å². The first-order chi connectivity index (χ1) is 8.13. The van der Waals surface area contributed by atoms with Gasteiger partial charge in [-0.05, 0) is 31.2 Å². The molecule has 0 bridgehead atoms. The Morgan fingerprint density at radius 1 is 1.29 bits per heavy atom. The molecule has 1 aromatic rings. The largest absolute Gasteiger partial charge is 0.403 e. The van der Waals surface area contributed by atoms with Crippen LogP contribution in [0.1, 0.15) is 17.3 Å². The summed E-state index contributed by atoms with van der Waals surface area (Å²) in [4.78, 5) is 22.3. The number of hydrogen-bond acceptors (Lipinski definition) is 4. The van der Waals surface area contributed by atoms with E-state index in [1.807, 2.05) is 0 Å². The molecule has 90 valence electrons. The summed E-state index contributed by atoms with van der Waals surface area (Å²) in [6.07, 6.45) is 2.97. The maximum Gasteiger partial charge on any atom is 0.251 e. The summed E-state index contributed by atoms with van der Waals surface area (Å²) in [6.45, 7) is 1.47. The minimum atomic E-state index is -0.263. The van der Waals surface area contributed by atoms with Crippen molar-refractivity contribution in [3.8, 4) is 0 Å². The van der Waals surface area contributed by atoms with Crippen LogP contribution in [-0.4, -0.2) is 18.2 Å². The molecule has 1 amide bonds. The molecule has 0 saturated heterocycles. The van der Waals surface area contributed by atoms with E-state index in [-0.39, 0.29) is 18.2 Å². The minimum absolute atomic E-state index is 0.0503. The van der Waals surface area contributed by atoms with Crippen LogP contribution in [0.4, 0.5) is 5.69 Å². The van der Waals surface area contributed by atoms with Crippen molar-refractivity contribution >= 4 is 17.4 Å². The van der Waals surface area contributed by atoms with Crippen molar-refractivity contribution in [1.82, 2.24) is 5.32 Å². The fraction of sp³-hybridized carbons (Fsp3) is 0.167. The standard InChI is InChI=1S/C12H15N3O2/c1-9(16)8-15-12(17)10-2-4-11(5-3-10)14-7-6-13/h2-7,14H,8,13H2,1H3,(H,15,17)/b7-6-. The maximum atomic E-state index is 11.6. The Bertz CT molecular complexity index is 424. The van der Waals surface area contributed by atoms with Gasteiger partial charge in [-0.25, -0.2) is 0 Å². The molecular weight excluding hydrogens is 218 g/mol. The zero-order chi connectivity index (χ0) is 12.7. The third kappa shape index (κ3) is 4.38. The molecule has 5 heteroatoms. The second-order valence-corrected chi connectivity index (χ2v) is 3.47. The summed E-state index contributed by atoms with van der Waals surface area (Å²) in [5, 5.41) is 5.44. The SMILES string of the molecule is CC(=O)CNC(=O)c1ccc(N/C=C\N)cc1. The Labute approximate surface area is 99.7 Å². The Hall–Kier alpha value is -2.30. The molecule has 0 radical (unpaired) electrons. The summed E-state index contributed by atoms with van der Waals surface area (Å²) >= 11 is 0. The summed E-state index contributed by atoms with van der Waals surface area (Å²) in [5.41, 5.74) is 6.52. The second kappa shape index (κ2) is 6.32. The number of anilines is 1. The van der Waals surface area contributed by atoms with Crippen LogP contribution in [0.3, 0.4) is 0 Å². The van der Waals surface area contributed by atoms with Crippen molar-refractivity contribution < 1.29 is 9.59 Å². The van der Waals surface area contributed by atoms with Gasteiger partial charge in [0.05, 0.1) is 6.54 Å². The average Bonchev–Trinajstić information content (AvgIpc) is 2.34. The zero-order valence-corrected chi connectivity index (χ0v) is 9.57. The van der Waals surface area contributed by atoms with E-state index in [9.17, 15) is 9.59 Å². The van der Waals surface area contributed by atoms with E-state index in [0.29, 0.717) is 5.56 Å². The average molecular weight is 233 g/mol. The highest BCUT2D eigenvalue weighted by atomic mass is 16.2. The van der Waals surface area contributed by atoms with Crippen LogP contribution in [0, 0.1) is 0 Å². The Morgan fingerprint density at radius 2 is 1.94 bits per heavy atom. The van der Waals surface area contributed by atoms with E-state index in [2.05, 4.69) is 10.6 Å². The van der Waals surface area contributed by atoms with Crippen molar-refractivity contribution in [2.24, 2.45) is 5.73 Å². The van der Waals surface area contributed by atoms with E-state index in [1.54, 1.807) is 30.5 Å². The normalized spacial score (nSPS) is 10.2. The number of rotatable bonds is 5. The molecule has 1 aromatic carbocycles. The molecule has 0 heterocycles. The van der Waals surface area contributed by atoms with Gasteiger partial charge in [0, 0.05) is 23.7 Å². The van der Waals surface area contributed by atoms with E-state index in [1.165, 1.54) is 13.1 Å². The number of amides is 1. The predicted octanol–water partition coefficient (Wildman–Crippen LogP) is 0.847. The molecule has 0 unspecified atom stereocenters. The number of nitrogens with one attached hydrogen (secondary N) is 2. The topological polar surface area (TPSA) is 84.2 Å². The number of nitrogens with two attached hydrogens (primary N) is 1. The lowest BCUT2D eigenvalue weighted by molar-refractivity contribution is -0.116. The predicted molar refractivity (Wildman–Crippen MR) is 66.4 cm³/mol. The molecule has 17 heavy (non-hydrogen) atoms. The summed E-state index contributed by atoms with van der Waals surface area (Å²) in [5.74, 6) is -0.342. The van der Waals surface area contributed by atoms with Gasteiger partial charge in [0.1, 0.15) is 5.78 Å². The summed E-state index contributed by atoms with van der Waals surface area (Å²) in [6, 6.07) is 6.84. The Balaban J connectivity index is 2.60. The first-order valence-electron chi connectivity index (χ1n) is 5.14. The van der Waals surface area contributed by atoms with Gasteiger partial charge in [-0.2, -0.15) is 0 Å². The molecule has 5 nitrogen and oxygen atoms in total. The number of Topliss-reactive ketones (excluding diaryl/α,β-unsaturated/α-hetero) is 1. The van der Waals surface area contributed by atoms with Crippen LogP contribution in [0.25, 0.3) is 0 Å². The summed E-state index contributed by atoms with van der Waals surface area (Å²) < 4.78 is 0. The second-order valence-electron chi connectivity index (χ2n) is 3.47. The molecule has 0 saturated carbocycles. The van der Waals surface area contributed by atoms with Gasteiger partial charge in [0.2, 0.25) is 0 Å². The van der Waals surface area contributed by atoms with Crippen LogP contribution in [0.2, 0.25) is 0 Å². The third-order valence-electron chi connectivity index (χ3n) is 1.99. The molecular formula is C12H15N3O2.